The minimum Gasteiger partial charge on any atom is -0.304 e. The lowest BCUT2D eigenvalue weighted by atomic mass is 9.95. The Hall–Kier alpha value is -1.50. The molecule has 1 saturated carbocycles. The summed E-state index contributed by atoms with van der Waals surface area (Å²) in [5.41, 5.74) is 1.21. The molecule has 4 rings (SSSR count). The van der Waals surface area contributed by atoms with E-state index in [-0.39, 0.29) is 6.04 Å². The summed E-state index contributed by atoms with van der Waals surface area (Å²) in [7, 11) is 2.18. The maximum atomic E-state index is 6.13. The molecule has 6 nitrogen and oxygen atoms in total. The van der Waals surface area contributed by atoms with Crippen molar-refractivity contribution in [3.63, 3.8) is 0 Å². The molecule has 0 spiro atoms. The number of piperazine rings is 1. The van der Waals surface area contributed by atoms with Crippen molar-refractivity contribution in [2.75, 3.05) is 33.2 Å². The Labute approximate surface area is 160 Å². The van der Waals surface area contributed by atoms with Gasteiger partial charge in [-0.3, -0.25) is 4.90 Å². The minimum absolute atomic E-state index is 0.0814. The molecule has 1 aliphatic carbocycles. The zero-order chi connectivity index (χ0) is 17.9. The van der Waals surface area contributed by atoms with Crippen LogP contribution < -0.4 is 0 Å². The third-order valence-electron chi connectivity index (χ3n) is 5.77. The first-order valence-corrected chi connectivity index (χ1v) is 10.1. The molecule has 1 aromatic heterocycles. The summed E-state index contributed by atoms with van der Waals surface area (Å²) in [6.07, 6.45) is 6.21. The fraction of sp³-hybridized carbons (Fsp3) is 0.632. The summed E-state index contributed by atoms with van der Waals surface area (Å²) < 4.78 is 2.11. The van der Waals surface area contributed by atoms with Gasteiger partial charge in [0.1, 0.15) is 0 Å². The molecule has 2 aliphatic rings. The second-order valence-electron chi connectivity index (χ2n) is 7.57. The monoisotopic (exact) mass is 374 g/mol. The Morgan fingerprint density at radius 3 is 2.38 bits per heavy atom. The highest BCUT2D eigenvalue weighted by Gasteiger charge is 2.32. The molecule has 0 N–H and O–H groups in total. The van der Waals surface area contributed by atoms with E-state index in [9.17, 15) is 0 Å². The number of benzene rings is 1. The Bertz CT molecular complexity index is 701. The van der Waals surface area contributed by atoms with Crippen molar-refractivity contribution in [3.8, 4) is 0 Å². The maximum Gasteiger partial charge on any atom is 0.173 e. The number of likely N-dealkylation sites (N-methyl/N-ethyl adjacent to an activating group) is 1. The van der Waals surface area contributed by atoms with Crippen LogP contribution in [0.15, 0.2) is 24.3 Å². The van der Waals surface area contributed by atoms with Gasteiger partial charge in [-0.15, -0.1) is 5.10 Å². The first-order chi connectivity index (χ1) is 12.7. The van der Waals surface area contributed by atoms with Crippen molar-refractivity contribution >= 4 is 11.6 Å². The van der Waals surface area contributed by atoms with E-state index in [0.29, 0.717) is 6.04 Å². The lowest BCUT2D eigenvalue weighted by Crippen LogP contribution is -2.46. The van der Waals surface area contributed by atoms with Gasteiger partial charge in [0.2, 0.25) is 0 Å². The van der Waals surface area contributed by atoms with E-state index in [0.717, 1.165) is 37.0 Å². The van der Waals surface area contributed by atoms with Crippen molar-refractivity contribution in [1.29, 1.82) is 0 Å². The number of hydrogen-bond donors (Lipinski definition) is 0. The third-order valence-corrected chi connectivity index (χ3v) is 6.02. The summed E-state index contributed by atoms with van der Waals surface area (Å²) in [5, 5.41) is 13.7. The van der Waals surface area contributed by atoms with Crippen LogP contribution in [-0.2, 0) is 0 Å². The minimum atomic E-state index is 0.0814. The van der Waals surface area contributed by atoms with E-state index < -0.39 is 0 Å². The molecule has 0 radical (unpaired) electrons. The lowest BCUT2D eigenvalue weighted by Gasteiger charge is -2.38. The SMILES string of the molecule is CN1CCN(C(c2ccc(Cl)cc2)c2nnnn2C2CCCCC2)CC1. The average Bonchev–Trinajstić information content (AvgIpc) is 3.15. The van der Waals surface area contributed by atoms with Crippen molar-refractivity contribution in [1.82, 2.24) is 30.0 Å². The molecule has 1 aromatic carbocycles. The van der Waals surface area contributed by atoms with Crippen LogP contribution >= 0.6 is 11.6 Å². The van der Waals surface area contributed by atoms with Crippen molar-refractivity contribution in [3.05, 3.63) is 40.7 Å². The topological polar surface area (TPSA) is 50.1 Å². The van der Waals surface area contributed by atoms with Gasteiger partial charge in [0.15, 0.2) is 5.82 Å². The molecular weight excluding hydrogens is 348 g/mol. The fourth-order valence-corrected chi connectivity index (χ4v) is 4.34. The molecule has 1 aliphatic heterocycles. The second kappa shape index (κ2) is 8.03. The van der Waals surface area contributed by atoms with E-state index in [1.54, 1.807) is 0 Å². The highest BCUT2D eigenvalue weighted by atomic mass is 35.5. The number of halogens is 1. The molecular formula is C19H27ClN6. The molecule has 2 heterocycles. The summed E-state index contributed by atoms with van der Waals surface area (Å²) in [4.78, 5) is 4.88. The smallest absolute Gasteiger partial charge is 0.173 e. The van der Waals surface area contributed by atoms with Crippen LogP contribution in [0.1, 0.15) is 55.6 Å². The Balaban J connectivity index is 1.69. The van der Waals surface area contributed by atoms with Gasteiger partial charge in [0, 0.05) is 31.2 Å². The van der Waals surface area contributed by atoms with E-state index in [2.05, 4.69) is 49.2 Å². The fourth-order valence-electron chi connectivity index (χ4n) is 4.21. The first-order valence-electron chi connectivity index (χ1n) is 9.68. The van der Waals surface area contributed by atoms with E-state index in [1.807, 2.05) is 12.1 Å². The molecule has 26 heavy (non-hydrogen) atoms. The molecule has 2 aromatic rings. The van der Waals surface area contributed by atoms with Gasteiger partial charge in [0.25, 0.3) is 0 Å². The molecule has 7 heteroatoms. The number of hydrogen-bond acceptors (Lipinski definition) is 5. The second-order valence-corrected chi connectivity index (χ2v) is 8.00. The van der Waals surface area contributed by atoms with Gasteiger partial charge in [-0.2, -0.15) is 0 Å². The number of tetrazole rings is 1. The van der Waals surface area contributed by atoms with Crippen LogP contribution in [0.25, 0.3) is 0 Å². The molecule has 1 atom stereocenters. The van der Waals surface area contributed by atoms with Gasteiger partial charge in [0.05, 0.1) is 12.1 Å². The van der Waals surface area contributed by atoms with Gasteiger partial charge in [-0.1, -0.05) is 43.0 Å². The summed E-state index contributed by atoms with van der Waals surface area (Å²) in [5.74, 6) is 0.976. The Morgan fingerprint density at radius 2 is 1.69 bits per heavy atom. The van der Waals surface area contributed by atoms with Crippen LogP contribution in [0.5, 0.6) is 0 Å². The maximum absolute atomic E-state index is 6.13. The third kappa shape index (κ3) is 3.77. The van der Waals surface area contributed by atoms with Crippen molar-refractivity contribution < 1.29 is 0 Å². The quantitative estimate of drug-likeness (QED) is 0.822. The summed E-state index contributed by atoms with van der Waals surface area (Å²) in [6, 6.07) is 8.67. The van der Waals surface area contributed by atoms with Crippen LogP contribution in [0, 0.1) is 0 Å². The van der Waals surface area contributed by atoms with E-state index in [1.165, 1.54) is 37.7 Å². The normalized spacial score (nSPS) is 21.8. The molecule has 1 saturated heterocycles. The largest absolute Gasteiger partial charge is 0.304 e. The zero-order valence-electron chi connectivity index (χ0n) is 15.4. The van der Waals surface area contributed by atoms with Crippen LogP contribution in [-0.4, -0.2) is 63.2 Å². The summed E-state index contributed by atoms with van der Waals surface area (Å²) in [6.45, 7) is 4.16. The van der Waals surface area contributed by atoms with Crippen molar-refractivity contribution in [2.24, 2.45) is 0 Å². The predicted octanol–water partition coefficient (Wildman–Crippen LogP) is 3.17. The van der Waals surface area contributed by atoms with Crippen LogP contribution in [0.4, 0.5) is 0 Å². The zero-order valence-corrected chi connectivity index (χ0v) is 16.1. The Morgan fingerprint density at radius 1 is 1.00 bits per heavy atom. The molecule has 0 amide bonds. The number of aromatic nitrogens is 4. The van der Waals surface area contributed by atoms with Gasteiger partial charge in [-0.25, -0.2) is 4.68 Å². The molecule has 0 bridgehead atoms. The number of nitrogens with zero attached hydrogens (tertiary/aromatic N) is 6. The predicted molar refractivity (Wildman–Crippen MR) is 102 cm³/mol. The molecule has 140 valence electrons. The first kappa shape index (κ1) is 17.9. The lowest BCUT2D eigenvalue weighted by molar-refractivity contribution is 0.119. The van der Waals surface area contributed by atoms with Gasteiger partial charge in [-0.05, 0) is 48.0 Å². The highest BCUT2D eigenvalue weighted by Crippen LogP contribution is 2.33. The molecule has 1 unspecified atom stereocenters. The molecule has 2 fully saturated rings. The standard InChI is InChI=1S/C19H27ClN6/c1-24-11-13-25(14-12-24)18(15-7-9-16(20)10-8-15)19-21-22-23-26(19)17-5-3-2-4-6-17/h7-10,17-18H,2-6,11-14H2,1H3. The average molecular weight is 375 g/mol. The van der Waals surface area contributed by atoms with Crippen molar-refractivity contribution in [2.45, 2.75) is 44.2 Å². The highest BCUT2D eigenvalue weighted by molar-refractivity contribution is 6.30. The van der Waals surface area contributed by atoms with Crippen LogP contribution in [0.3, 0.4) is 0 Å². The van der Waals surface area contributed by atoms with Crippen LogP contribution in [0.2, 0.25) is 5.02 Å². The number of rotatable bonds is 4. The van der Waals surface area contributed by atoms with Gasteiger partial charge >= 0.3 is 0 Å². The van der Waals surface area contributed by atoms with Gasteiger partial charge < -0.3 is 4.90 Å². The van der Waals surface area contributed by atoms with E-state index >= 15 is 0 Å². The summed E-state index contributed by atoms with van der Waals surface area (Å²) >= 11 is 6.13. The van der Waals surface area contributed by atoms with E-state index in [4.69, 9.17) is 11.6 Å². The Kier molecular flexibility index (Phi) is 5.52.